The van der Waals surface area contributed by atoms with Crippen LogP contribution < -0.4 is 9.64 Å². The van der Waals surface area contributed by atoms with Crippen molar-refractivity contribution < 1.29 is 14.3 Å². The van der Waals surface area contributed by atoms with Crippen LogP contribution in [0.15, 0.2) is 53.4 Å². The smallest absolute Gasteiger partial charge is 0.298 e. The molecule has 6 heteroatoms. The zero-order valence-electron chi connectivity index (χ0n) is 14.4. The molecule has 134 valence electrons. The van der Waals surface area contributed by atoms with Gasteiger partial charge in [-0.05, 0) is 61.0 Å². The Balaban J connectivity index is 1.83. The van der Waals surface area contributed by atoms with Crippen LogP contribution >= 0.6 is 23.4 Å². The Morgan fingerprint density at radius 1 is 1.19 bits per heavy atom. The molecule has 0 N–H and O–H groups in total. The van der Waals surface area contributed by atoms with Crippen LogP contribution in [-0.2, 0) is 4.79 Å². The van der Waals surface area contributed by atoms with Crippen molar-refractivity contribution >= 4 is 46.3 Å². The van der Waals surface area contributed by atoms with Crippen molar-refractivity contribution in [3.8, 4) is 5.75 Å². The van der Waals surface area contributed by atoms with E-state index < -0.39 is 0 Å². The van der Waals surface area contributed by atoms with E-state index in [1.807, 2.05) is 26.0 Å². The van der Waals surface area contributed by atoms with Crippen LogP contribution in [0.4, 0.5) is 10.5 Å². The van der Waals surface area contributed by atoms with Gasteiger partial charge in [0.05, 0.1) is 21.7 Å². The van der Waals surface area contributed by atoms with E-state index >= 15 is 0 Å². The van der Waals surface area contributed by atoms with Crippen LogP contribution in [0.5, 0.6) is 5.75 Å². The molecule has 0 bridgehead atoms. The van der Waals surface area contributed by atoms with E-state index in [2.05, 4.69) is 0 Å². The number of nitrogens with zero attached hydrogens (tertiary/aromatic N) is 1. The number of benzene rings is 2. The van der Waals surface area contributed by atoms with Gasteiger partial charge in [0.1, 0.15) is 5.75 Å². The number of thioether (sulfide) groups is 1. The summed E-state index contributed by atoms with van der Waals surface area (Å²) in [6.45, 7) is 4.01. The van der Waals surface area contributed by atoms with Gasteiger partial charge in [-0.2, -0.15) is 0 Å². The zero-order valence-corrected chi connectivity index (χ0v) is 16.0. The predicted octanol–water partition coefficient (Wildman–Crippen LogP) is 5.76. The lowest BCUT2D eigenvalue weighted by Crippen LogP contribution is -2.27. The Hall–Kier alpha value is -2.24. The average Bonchev–Trinajstić information content (AvgIpc) is 2.91. The molecule has 1 saturated heterocycles. The van der Waals surface area contributed by atoms with E-state index in [0.29, 0.717) is 21.4 Å². The molecule has 0 aromatic heterocycles. The molecule has 1 heterocycles. The highest BCUT2D eigenvalue weighted by molar-refractivity contribution is 8.19. The number of ether oxygens (including phenoxy) is 1. The molecular weight excluding hydrogens is 370 g/mol. The first-order chi connectivity index (χ1) is 12.5. The fourth-order valence-electron chi connectivity index (χ4n) is 2.42. The lowest BCUT2D eigenvalue weighted by atomic mass is 10.2. The van der Waals surface area contributed by atoms with Gasteiger partial charge >= 0.3 is 0 Å². The Morgan fingerprint density at radius 3 is 2.58 bits per heavy atom. The number of hydrogen-bond donors (Lipinski definition) is 0. The van der Waals surface area contributed by atoms with Crippen molar-refractivity contribution in [2.75, 3.05) is 4.90 Å². The molecular formula is C20H18ClNO3S. The van der Waals surface area contributed by atoms with E-state index in [-0.39, 0.29) is 17.3 Å². The van der Waals surface area contributed by atoms with E-state index in [0.717, 1.165) is 23.7 Å². The standard InChI is InChI=1S/C20H18ClNO3S/c1-3-13(2)25-17-10-9-14(11-16(17)21)12-18-19(23)22(20(24)26-18)15-7-5-4-6-8-15/h4-13H,3H2,1-2H3/b18-12+/t13-/m1/s1. The number of hydrogen-bond acceptors (Lipinski definition) is 4. The molecule has 2 amide bonds. The summed E-state index contributed by atoms with van der Waals surface area (Å²) < 4.78 is 5.75. The van der Waals surface area contributed by atoms with E-state index in [4.69, 9.17) is 16.3 Å². The van der Waals surface area contributed by atoms with Crippen LogP contribution in [-0.4, -0.2) is 17.3 Å². The minimum Gasteiger partial charge on any atom is -0.489 e. The van der Waals surface area contributed by atoms with Crippen LogP contribution in [0, 0.1) is 0 Å². The number of anilines is 1. The molecule has 2 aromatic rings. The number of carbonyl (C=O) groups is 2. The van der Waals surface area contributed by atoms with Crippen LogP contribution in [0.1, 0.15) is 25.8 Å². The molecule has 0 unspecified atom stereocenters. The summed E-state index contributed by atoms with van der Waals surface area (Å²) >= 11 is 7.20. The van der Waals surface area contributed by atoms with Gasteiger partial charge in [-0.25, -0.2) is 4.90 Å². The quantitative estimate of drug-likeness (QED) is 0.612. The summed E-state index contributed by atoms with van der Waals surface area (Å²) in [4.78, 5) is 26.4. The van der Waals surface area contributed by atoms with Crippen molar-refractivity contribution in [2.24, 2.45) is 0 Å². The van der Waals surface area contributed by atoms with Gasteiger partial charge in [-0.15, -0.1) is 0 Å². The van der Waals surface area contributed by atoms with Gasteiger partial charge in [-0.3, -0.25) is 9.59 Å². The van der Waals surface area contributed by atoms with Crippen molar-refractivity contribution in [1.29, 1.82) is 0 Å². The third-order valence-electron chi connectivity index (χ3n) is 3.96. The summed E-state index contributed by atoms with van der Waals surface area (Å²) in [5.41, 5.74) is 1.30. The summed E-state index contributed by atoms with van der Waals surface area (Å²) in [7, 11) is 0. The number of para-hydroxylation sites is 1. The summed E-state index contributed by atoms with van der Waals surface area (Å²) in [6.07, 6.45) is 2.62. The second-order valence-electron chi connectivity index (χ2n) is 5.88. The van der Waals surface area contributed by atoms with Gasteiger partial charge in [-0.1, -0.05) is 42.8 Å². The Labute approximate surface area is 161 Å². The molecule has 3 rings (SSSR count). The lowest BCUT2D eigenvalue weighted by molar-refractivity contribution is -0.113. The normalized spacial score (nSPS) is 17.0. The minimum atomic E-state index is -0.331. The van der Waals surface area contributed by atoms with Crippen molar-refractivity contribution in [3.63, 3.8) is 0 Å². The highest BCUT2D eigenvalue weighted by atomic mass is 35.5. The maximum Gasteiger partial charge on any atom is 0.298 e. The fraction of sp³-hybridized carbons (Fsp3) is 0.200. The molecule has 0 saturated carbocycles. The molecule has 2 aromatic carbocycles. The van der Waals surface area contributed by atoms with Gasteiger partial charge in [0.25, 0.3) is 11.1 Å². The molecule has 1 atom stereocenters. The third kappa shape index (κ3) is 3.94. The van der Waals surface area contributed by atoms with Crippen LogP contribution in [0.25, 0.3) is 6.08 Å². The SMILES string of the molecule is CC[C@@H](C)Oc1ccc(/C=C2/SC(=O)N(c3ccccc3)C2=O)cc1Cl. The summed E-state index contributed by atoms with van der Waals surface area (Å²) in [6, 6.07) is 14.2. The van der Waals surface area contributed by atoms with E-state index in [1.54, 1.807) is 42.5 Å². The Morgan fingerprint density at radius 2 is 1.92 bits per heavy atom. The molecule has 4 nitrogen and oxygen atoms in total. The lowest BCUT2D eigenvalue weighted by Gasteiger charge is -2.14. The van der Waals surface area contributed by atoms with Gasteiger partial charge < -0.3 is 4.74 Å². The Kier molecular flexibility index (Phi) is 5.69. The number of carbonyl (C=O) groups excluding carboxylic acids is 2. The van der Waals surface area contributed by atoms with Gasteiger partial charge in [0.15, 0.2) is 0 Å². The average molecular weight is 388 g/mol. The molecule has 1 aliphatic heterocycles. The third-order valence-corrected chi connectivity index (χ3v) is 5.13. The minimum absolute atomic E-state index is 0.0701. The van der Waals surface area contributed by atoms with E-state index in [1.165, 1.54) is 4.90 Å². The van der Waals surface area contributed by atoms with Crippen LogP contribution in [0.3, 0.4) is 0 Å². The van der Waals surface area contributed by atoms with Gasteiger partial charge in [0.2, 0.25) is 0 Å². The first-order valence-corrected chi connectivity index (χ1v) is 9.48. The Bertz CT molecular complexity index is 867. The molecule has 26 heavy (non-hydrogen) atoms. The molecule has 0 aliphatic carbocycles. The fourth-order valence-corrected chi connectivity index (χ4v) is 3.50. The molecule has 0 radical (unpaired) electrons. The maximum atomic E-state index is 12.6. The van der Waals surface area contributed by atoms with Gasteiger partial charge in [0, 0.05) is 0 Å². The topological polar surface area (TPSA) is 46.6 Å². The highest BCUT2D eigenvalue weighted by Gasteiger charge is 2.36. The largest absolute Gasteiger partial charge is 0.489 e. The van der Waals surface area contributed by atoms with Crippen molar-refractivity contribution in [3.05, 3.63) is 64.0 Å². The van der Waals surface area contributed by atoms with Crippen molar-refractivity contribution in [2.45, 2.75) is 26.4 Å². The second-order valence-corrected chi connectivity index (χ2v) is 7.28. The first-order valence-electron chi connectivity index (χ1n) is 8.28. The van der Waals surface area contributed by atoms with Crippen LogP contribution in [0.2, 0.25) is 5.02 Å². The molecule has 0 spiro atoms. The first kappa shape index (κ1) is 18.5. The maximum absolute atomic E-state index is 12.6. The number of imide groups is 1. The number of halogens is 1. The van der Waals surface area contributed by atoms with Crippen molar-refractivity contribution in [1.82, 2.24) is 0 Å². The number of rotatable bonds is 5. The molecule has 1 aliphatic rings. The van der Waals surface area contributed by atoms with E-state index in [9.17, 15) is 9.59 Å². The summed E-state index contributed by atoms with van der Waals surface area (Å²) in [5, 5.41) is 0.164. The summed E-state index contributed by atoms with van der Waals surface area (Å²) in [5.74, 6) is 0.276. The zero-order chi connectivity index (χ0) is 18.7. The molecule has 1 fully saturated rings. The second kappa shape index (κ2) is 7.98. The number of amides is 2. The monoisotopic (exact) mass is 387 g/mol. The predicted molar refractivity (Wildman–Crippen MR) is 107 cm³/mol. The highest BCUT2D eigenvalue weighted by Crippen LogP contribution is 2.36.